The van der Waals surface area contributed by atoms with Crippen molar-refractivity contribution in [3.63, 3.8) is 0 Å². The first kappa shape index (κ1) is 41.5. The molecule has 0 radical (unpaired) electrons. The Bertz CT molecular complexity index is 1110. The van der Waals surface area contributed by atoms with Gasteiger partial charge >= 0.3 is 16.4 Å². The summed E-state index contributed by atoms with van der Waals surface area (Å²) in [7, 11) is -5.02. The molecule has 1 rings (SSSR count). The summed E-state index contributed by atoms with van der Waals surface area (Å²) >= 11 is 0. The molecule has 1 heterocycles. The maximum absolute atomic E-state index is 13.4. The van der Waals surface area contributed by atoms with Crippen LogP contribution < -0.4 is 16.0 Å². The van der Waals surface area contributed by atoms with Gasteiger partial charge in [-0.1, -0.05) is 112 Å². The molecule has 0 aromatic carbocycles. The Morgan fingerprint density at radius 1 is 0.826 bits per heavy atom. The van der Waals surface area contributed by atoms with Crippen LogP contribution in [-0.4, -0.2) is 72.2 Å². The first-order valence-electron chi connectivity index (χ1n) is 16.6. The number of carbonyl (C=O) groups excluding carboxylic acids is 4. The average Bonchev–Trinajstić information content (AvgIpc) is 2.97. The highest BCUT2D eigenvalue weighted by Gasteiger charge is 2.40. The molecule has 14 heteroatoms. The Morgan fingerprint density at radius 2 is 1.33 bits per heavy atom. The monoisotopic (exact) mass is 675 g/mol. The van der Waals surface area contributed by atoms with E-state index < -0.39 is 87.9 Å². The van der Waals surface area contributed by atoms with E-state index in [4.69, 9.17) is 9.29 Å². The van der Waals surface area contributed by atoms with Gasteiger partial charge in [-0.2, -0.15) is 8.42 Å². The van der Waals surface area contributed by atoms with Crippen LogP contribution in [0.15, 0.2) is 12.3 Å². The summed E-state index contributed by atoms with van der Waals surface area (Å²) in [6.07, 6.45) is 9.48. The van der Waals surface area contributed by atoms with Crippen molar-refractivity contribution in [2.24, 2.45) is 17.8 Å². The Hall–Kier alpha value is -2.55. The first-order valence-corrected chi connectivity index (χ1v) is 18.0. The van der Waals surface area contributed by atoms with E-state index >= 15 is 0 Å². The molecule has 1 fully saturated rings. The lowest BCUT2D eigenvalue weighted by molar-refractivity contribution is -0.157. The number of hydrogen-bond donors (Lipinski definition) is 5. The minimum absolute atomic E-state index is 0.433. The summed E-state index contributed by atoms with van der Waals surface area (Å²) in [4.78, 5) is 52.8. The third-order valence-electron chi connectivity index (χ3n) is 8.47. The zero-order valence-corrected chi connectivity index (χ0v) is 29.2. The van der Waals surface area contributed by atoms with Gasteiger partial charge in [0.1, 0.15) is 30.0 Å². The van der Waals surface area contributed by atoms with Gasteiger partial charge < -0.3 is 25.8 Å². The van der Waals surface area contributed by atoms with E-state index in [2.05, 4.69) is 33.6 Å². The Balaban J connectivity index is 3.02. The van der Waals surface area contributed by atoms with Gasteiger partial charge in [0.25, 0.3) is 0 Å². The molecule has 0 saturated carbocycles. The highest BCUT2D eigenvalue weighted by atomic mass is 32.3. The van der Waals surface area contributed by atoms with Crippen molar-refractivity contribution in [3.8, 4) is 0 Å². The Labute approximate surface area is 275 Å². The lowest BCUT2D eigenvalue weighted by Crippen LogP contribution is -2.59. The molecule has 7 atom stereocenters. The SMILES string of the molecule is C=C1NC(=O)C(C(C)OS(=O)(=O)O)NC(=O)C(C(C)C)NC(=O)C(C)C(C(C)C(O)CCCCCCCCCCCCC)OC1=O. The number of nitrogens with one attached hydrogen (secondary N) is 3. The number of aliphatic hydroxyl groups excluding tert-OH is 1. The predicted molar refractivity (Wildman–Crippen MR) is 173 cm³/mol. The number of carbonyl (C=O) groups is 4. The largest absolute Gasteiger partial charge is 0.457 e. The van der Waals surface area contributed by atoms with Crippen LogP contribution in [0.4, 0.5) is 0 Å². The molecular formula is C32H57N3O10S. The van der Waals surface area contributed by atoms with Crippen LogP contribution in [0.5, 0.6) is 0 Å². The van der Waals surface area contributed by atoms with Gasteiger partial charge in [-0.15, -0.1) is 0 Å². The number of esters is 1. The second-order valence-corrected chi connectivity index (χ2v) is 13.9. The van der Waals surface area contributed by atoms with Gasteiger partial charge in [0.2, 0.25) is 17.7 Å². The fraction of sp³-hybridized carbons (Fsp3) is 0.812. The summed E-state index contributed by atoms with van der Waals surface area (Å²) in [5.41, 5.74) is -0.548. The fourth-order valence-corrected chi connectivity index (χ4v) is 5.99. The van der Waals surface area contributed by atoms with Crippen molar-refractivity contribution in [1.82, 2.24) is 16.0 Å². The van der Waals surface area contributed by atoms with Gasteiger partial charge in [0.15, 0.2) is 0 Å². The highest BCUT2D eigenvalue weighted by molar-refractivity contribution is 7.80. The second-order valence-electron chi connectivity index (χ2n) is 12.8. The van der Waals surface area contributed by atoms with Crippen LogP contribution in [0.2, 0.25) is 0 Å². The van der Waals surface area contributed by atoms with E-state index in [0.717, 1.165) is 32.6 Å². The van der Waals surface area contributed by atoms with Crippen LogP contribution >= 0.6 is 0 Å². The minimum atomic E-state index is -5.02. The average molecular weight is 676 g/mol. The van der Waals surface area contributed by atoms with Crippen molar-refractivity contribution < 1.29 is 46.2 Å². The zero-order chi connectivity index (χ0) is 35.0. The molecule has 0 spiro atoms. The normalized spacial score (nSPS) is 24.1. The number of aliphatic hydroxyl groups is 1. The van der Waals surface area contributed by atoms with Gasteiger partial charge in [0.05, 0.1) is 12.0 Å². The predicted octanol–water partition coefficient (Wildman–Crippen LogP) is 3.71. The smallest absolute Gasteiger partial charge is 0.397 e. The molecule has 5 N–H and O–H groups in total. The molecule has 7 unspecified atom stereocenters. The number of hydrogen-bond acceptors (Lipinski definition) is 9. The van der Waals surface area contributed by atoms with Crippen molar-refractivity contribution in [2.45, 2.75) is 149 Å². The maximum atomic E-state index is 13.4. The Kier molecular flexibility index (Phi) is 18.6. The summed E-state index contributed by atoms with van der Waals surface area (Å²) in [5.74, 6) is -5.81. The molecule has 1 aliphatic heterocycles. The molecule has 46 heavy (non-hydrogen) atoms. The van der Waals surface area contributed by atoms with Crippen LogP contribution in [-0.2, 0) is 38.5 Å². The number of rotatable bonds is 18. The second kappa shape index (κ2) is 20.6. The molecule has 0 bridgehead atoms. The van der Waals surface area contributed by atoms with Gasteiger partial charge in [-0.25, -0.2) is 8.98 Å². The summed E-state index contributed by atoms with van der Waals surface area (Å²) in [6.45, 7) is 13.3. The van der Waals surface area contributed by atoms with Gasteiger partial charge in [-0.05, 0) is 19.3 Å². The van der Waals surface area contributed by atoms with E-state index in [1.165, 1.54) is 51.9 Å². The fourth-order valence-electron chi connectivity index (χ4n) is 5.49. The number of ether oxygens (including phenoxy) is 1. The summed E-state index contributed by atoms with van der Waals surface area (Å²) < 4.78 is 41.9. The van der Waals surface area contributed by atoms with Crippen LogP contribution in [0.3, 0.4) is 0 Å². The Morgan fingerprint density at radius 3 is 1.83 bits per heavy atom. The van der Waals surface area contributed by atoms with Crippen molar-refractivity contribution >= 4 is 34.1 Å². The van der Waals surface area contributed by atoms with E-state index in [9.17, 15) is 32.7 Å². The third-order valence-corrected chi connectivity index (χ3v) is 9.02. The molecular weight excluding hydrogens is 618 g/mol. The van der Waals surface area contributed by atoms with Gasteiger partial charge in [0, 0.05) is 5.92 Å². The van der Waals surface area contributed by atoms with Crippen molar-refractivity contribution in [3.05, 3.63) is 12.3 Å². The van der Waals surface area contributed by atoms with Crippen LogP contribution in [0.25, 0.3) is 0 Å². The van der Waals surface area contributed by atoms with Crippen LogP contribution in [0.1, 0.15) is 119 Å². The van der Waals surface area contributed by atoms with E-state index in [1.54, 1.807) is 20.8 Å². The molecule has 0 aromatic rings. The third kappa shape index (κ3) is 14.9. The summed E-state index contributed by atoms with van der Waals surface area (Å²) in [6, 6.07) is -2.90. The minimum Gasteiger partial charge on any atom is -0.457 e. The molecule has 0 aromatic heterocycles. The number of amides is 3. The van der Waals surface area contributed by atoms with E-state index in [0.29, 0.717) is 6.42 Å². The number of unbranched alkanes of at least 4 members (excludes halogenated alkanes) is 10. The molecule has 3 amide bonds. The zero-order valence-electron chi connectivity index (χ0n) is 28.4. The standard InChI is InChI=1S/C32H57N3O10S/c1-8-9-10-11-12-13-14-15-16-17-18-19-25(36)21(4)28-22(5)29(37)34-26(20(2)3)30(38)35-27(24(7)45-46(41,42)43)31(39)33-23(6)32(40)44-28/h20-22,24-28,36H,6,8-19H2,1-5,7H3,(H,33,39)(H,34,37)(H,35,38)(H,41,42,43). The van der Waals surface area contributed by atoms with Crippen molar-refractivity contribution in [1.29, 1.82) is 0 Å². The first-order chi connectivity index (χ1) is 21.5. The quantitative estimate of drug-likeness (QED) is 0.0618. The van der Waals surface area contributed by atoms with Crippen LogP contribution in [0, 0.1) is 17.8 Å². The maximum Gasteiger partial charge on any atom is 0.397 e. The van der Waals surface area contributed by atoms with E-state index in [1.807, 2.05) is 0 Å². The topological polar surface area (TPSA) is 197 Å². The lowest BCUT2D eigenvalue weighted by atomic mass is 9.86. The molecule has 1 saturated heterocycles. The lowest BCUT2D eigenvalue weighted by Gasteiger charge is -2.33. The molecule has 266 valence electrons. The molecule has 13 nitrogen and oxygen atoms in total. The molecule has 0 aliphatic carbocycles. The van der Waals surface area contributed by atoms with Crippen molar-refractivity contribution in [2.75, 3.05) is 0 Å². The highest BCUT2D eigenvalue weighted by Crippen LogP contribution is 2.25. The summed E-state index contributed by atoms with van der Waals surface area (Å²) in [5, 5.41) is 18.2. The van der Waals surface area contributed by atoms with Gasteiger partial charge in [-0.3, -0.25) is 18.9 Å². The number of cyclic esters (lactones) is 1. The molecule has 1 aliphatic rings. The van der Waals surface area contributed by atoms with E-state index in [-0.39, 0.29) is 0 Å².